The van der Waals surface area contributed by atoms with E-state index in [1.54, 1.807) is 0 Å². The Morgan fingerprint density at radius 3 is 2.26 bits per heavy atom. The molecule has 0 fully saturated rings. The molecule has 2 unspecified atom stereocenters. The lowest BCUT2D eigenvalue weighted by Gasteiger charge is -2.38. The minimum absolute atomic E-state index is 0.266. The van der Waals surface area contributed by atoms with Crippen LogP contribution in [0.15, 0.2) is 6.20 Å². The smallest absolute Gasteiger partial charge is 0.0796 e. The third kappa shape index (κ3) is 4.60. The lowest BCUT2D eigenvalue weighted by Crippen LogP contribution is -2.36. The standard InChI is InChI=1S/C15H30N4/c1-7-14(4,11-16-6)10-15(5,8-2)12-19-9-13(3)17-18-19/h9,16H,7-8,10-12H2,1-6H3. The zero-order valence-electron chi connectivity index (χ0n) is 13.5. The summed E-state index contributed by atoms with van der Waals surface area (Å²) in [4.78, 5) is 0. The second kappa shape index (κ2) is 6.51. The van der Waals surface area contributed by atoms with Crippen LogP contribution in [0.3, 0.4) is 0 Å². The van der Waals surface area contributed by atoms with Crippen molar-refractivity contribution >= 4 is 0 Å². The fraction of sp³-hybridized carbons (Fsp3) is 0.867. The van der Waals surface area contributed by atoms with E-state index in [1.165, 1.54) is 12.8 Å². The molecule has 110 valence electrons. The number of nitrogens with one attached hydrogen (secondary N) is 1. The minimum atomic E-state index is 0.266. The predicted octanol–water partition coefficient (Wildman–Crippen LogP) is 3.03. The van der Waals surface area contributed by atoms with Crippen molar-refractivity contribution in [2.45, 2.75) is 60.4 Å². The zero-order chi connectivity index (χ0) is 14.5. The van der Waals surface area contributed by atoms with Gasteiger partial charge in [-0.25, -0.2) is 0 Å². The molecular weight excluding hydrogens is 236 g/mol. The van der Waals surface area contributed by atoms with Gasteiger partial charge in [0.2, 0.25) is 0 Å². The van der Waals surface area contributed by atoms with Crippen LogP contribution in [-0.2, 0) is 6.54 Å². The first kappa shape index (κ1) is 16.2. The highest BCUT2D eigenvalue weighted by Crippen LogP contribution is 2.39. The van der Waals surface area contributed by atoms with Gasteiger partial charge in [0.1, 0.15) is 0 Å². The maximum Gasteiger partial charge on any atom is 0.0796 e. The quantitative estimate of drug-likeness (QED) is 0.786. The number of nitrogens with zero attached hydrogens (tertiary/aromatic N) is 3. The number of hydrogen-bond acceptors (Lipinski definition) is 3. The second-order valence-electron chi connectivity index (χ2n) is 6.59. The van der Waals surface area contributed by atoms with Crippen molar-refractivity contribution in [2.24, 2.45) is 10.8 Å². The molecule has 1 aromatic heterocycles. The van der Waals surface area contributed by atoms with Gasteiger partial charge in [0.25, 0.3) is 0 Å². The Bertz CT molecular complexity index is 387. The summed E-state index contributed by atoms with van der Waals surface area (Å²) in [5, 5.41) is 11.6. The van der Waals surface area contributed by atoms with E-state index in [1.807, 2.05) is 24.9 Å². The van der Waals surface area contributed by atoms with Crippen LogP contribution in [0.1, 0.15) is 52.7 Å². The molecule has 1 rings (SSSR count). The first-order chi connectivity index (χ1) is 8.86. The SMILES string of the molecule is CCC(C)(CNC)CC(C)(CC)Cn1cc(C)nn1. The lowest BCUT2D eigenvalue weighted by atomic mass is 9.70. The Hall–Kier alpha value is -0.900. The van der Waals surface area contributed by atoms with Crippen molar-refractivity contribution in [1.29, 1.82) is 0 Å². The molecule has 0 amide bonds. The Labute approximate surface area is 118 Å². The molecule has 0 saturated carbocycles. The second-order valence-corrected chi connectivity index (χ2v) is 6.59. The topological polar surface area (TPSA) is 42.7 Å². The summed E-state index contributed by atoms with van der Waals surface area (Å²) >= 11 is 0. The molecule has 4 heteroatoms. The van der Waals surface area contributed by atoms with E-state index >= 15 is 0 Å². The van der Waals surface area contributed by atoms with E-state index in [9.17, 15) is 0 Å². The highest BCUT2D eigenvalue weighted by molar-refractivity contribution is 4.90. The van der Waals surface area contributed by atoms with Crippen molar-refractivity contribution in [2.75, 3.05) is 13.6 Å². The molecule has 0 aliphatic heterocycles. The van der Waals surface area contributed by atoms with Crippen LogP contribution in [-0.4, -0.2) is 28.6 Å². The Morgan fingerprint density at radius 1 is 1.21 bits per heavy atom. The fourth-order valence-electron chi connectivity index (χ4n) is 2.93. The molecule has 2 atom stereocenters. The van der Waals surface area contributed by atoms with E-state index in [-0.39, 0.29) is 5.41 Å². The first-order valence-corrected chi connectivity index (χ1v) is 7.38. The van der Waals surface area contributed by atoms with Gasteiger partial charge in [-0.3, -0.25) is 4.68 Å². The minimum Gasteiger partial charge on any atom is -0.319 e. The first-order valence-electron chi connectivity index (χ1n) is 7.38. The van der Waals surface area contributed by atoms with Crippen molar-refractivity contribution in [3.05, 3.63) is 11.9 Å². The molecule has 1 heterocycles. The van der Waals surface area contributed by atoms with Crippen molar-refractivity contribution in [3.63, 3.8) is 0 Å². The van der Waals surface area contributed by atoms with Crippen LogP contribution in [0, 0.1) is 17.8 Å². The number of rotatable bonds is 8. The third-order valence-electron chi connectivity index (χ3n) is 4.36. The van der Waals surface area contributed by atoms with Gasteiger partial charge in [0.05, 0.1) is 5.69 Å². The monoisotopic (exact) mass is 266 g/mol. The maximum atomic E-state index is 4.20. The third-order valence-corrected chi connectivity index (χ3v) is 4.36. The average Bonchev–Trinajstić information content (AvgIpc) is 2.74. The summed E-state index contributed by atoms with van der Waals surface area (Å²) in [5.41, 5.74) is 1.60. The summed E-state index contributed by atoms with van der Waals surface area (Å²) in [7, 11) is 2.04. The van der Waals surface area contributed by atoms with E-state index in [2.05, 4.69) is 43.3 Å². The van der Waals surface area contributed by atoms with Crippen molar-refractivity contribution in [3.8, 4) is 0 Å². The van der Waals surface area contributed by atoms with Gasteiger partial charge in [-0.2, -0.15) is 0 Å². The lowest BCUT2D eigenvalue weighted by molar-refractivity contribution is 0.122. The van der Waals surface area contributed by atoms with Gasteiger partial charge < -0.3 is 5.32 Å². The van der Waals surface area contributed by atoms with E-state index in [0.717, 1.165) is 25.2 Å². The van der Waals surface area contributed by atoms with E-state index in [0.29, 0.717) is 5.41 Å². The van der Waals surface area contributed by atoms with Crippen LogP contribution in [0.25, 0.3) is 0 Å². The number of hydrogen-bond donors (Lipinski definition) is 1. The molecule has 1 aromatic rings. The van der Waals surface area contributed by atoms with Gasteiger partial charge in [0.15, 0.2) is 0 Å². The summed E-state index contributed by atoms with van der Waals surface area (Å²) in [6.45, 7) is 13.3. The van der Waals surface area contributed by atoms with Gasteiger partial charge in [0, 0.05) is 19.3 Å². The molecule has 0 saturated heterocycles. The molecule has 4 nitrogen and oxygen atoms in total. The molecule has 0 spiro atoms. The largest absolute Gasteiger partial charge is 0.319 e. The molecular formula is C15H30N4. The van der Waals surface area contributed by atoms with Crippen LogP contribution in [0.5, 0.6) is 0 Å². The number of aromatic nitrogens is 3. The Kier molecular flexibility index (Phi) is 5.53. The summed E-state index contributed by atoms with van der Waals surface area (Å²) in [6, 6.07) is 0. The summed E-state index contributed by atoms with van der Waals surface area (Å²) < 4.78 is 1.99. The molecule has 0 aromatic carbocycles. The number of aryl methyl sites for hydroxylation is 1. The molecule has 0 radical (unpaired) electrons. The fourth-order valence-corrected chi connectivity index (χ4v) is 2.93. The highest BCUT2D eigenvalue weighted by Gasteiger charge is 2.33. The predicted molar refractivity (Wildman–Crippen MR) is 80.1 cm³/mol. The molecule has 0 bridgehead atoms. The summed E-state index contributed by atoms with van der Waals surface area (Å²) in [6.07, 6.45) is 5.59. The Morgan fingerprint density at radius 2 is 1.84 bits per heavy atom. The van der Waals surface area contributed by atoms with Crippen LogP contribution < -0.4 is 5.32 Å². The highest BCUT2D eigenvalue weighted by atomic mass is 15.4. The van der Waals surface area contributed by atoms with E-state index in [4.69, 9.17) is 0 Å². The Balaban J connectivity index is 2.79. The van der Waals surface area contributed by atoms with Gasteiger partial charge in [-0.05, 0) is 44.1 Å². The van der Waals surface area contributed by atoms with Gasteiger partial charge in [-0.1, -0.05) is 32.9 Å². The zero-order valence-corrected chi connectivity index (χ0v) is 13.5. The molecule has 1 N–H and O–H groups in total. The van der Waals surface area contributed by atoms with Crippen molar-refractivity contribution < 1.29 is 0 Å². The molecule has 0 aliphatic rings. The van der Waals surface area contributed by atoms with Crippen molar-refractivity contribution in [1.82, 2.24) is 20.3 Å². The normalized spacial score (nSPS) is 18.0. The van der Waals surface area contributed by atoms with Gasteiger partial charge in [-0.15, -0.1) is 5.10 Å². The van der Waals surface area contributed by atoms with Crippen LogP contribution >= 0.6 is 0 Å². The maximum absolute atomic E-state index is 4.20. The molecule has 19 heavy (non-hydrogen) atoms. The van der Waals surface area contributed by atoms with Gasteiger partial charge >= 0.3 is 0 Å². The van der Waals surface area contributed by atoms with E-state index < -0.39 is 0 Å². The van der Waals surface area contributed by atoms with Crippen LogP contribution in [0.4, 0.5) is 0 Å². The summed E-state index contributed by atoms with van der Waals surface area (Å²) in [5.74, 6) is 0. The van der Waals surface area contributed by atoms with Crippen LogP contribution in [0.2, 0.25) is 0 Å². The molecule has 0 aliphatic carbocycles. The average molecular weight is 266 g/mol.